The van der Waals surface area contributed by atoms with Crippen molar-refractivity contribution < 1.29 is 14.3 Å². The van der Waals surface area contributed by atoms with E-state index in [1.165, 1.54) is 16.5 Å². The number of aryl methyl sites for hydroxylation is 2. The largest absolute Gasteiger partial charge is 0.454 e. The van der Waals surface area contributed by atoms with Crippen LogP contribution in [0.4, 0.5) is 0 Å². The number of esters is 1. The molecule has 0 saturated carbocycles. The van der Waals surface area contributed by atoms with Crippen LogP contribution in [0.1, 0.15) is 34.3 Å². The molecule has 1 unspecified atom stereocenters. The van der Waals surface area contributed by atoms with Crippen molar-refractivity contribution in [1.82, 2.24) is 5.32 Å². The Kier molecular flexibility index (Phi) is 3.62. The summed E-state index contributed by atoms with van der Waals surface area (Å²) in [5.41, 5.74) is 3.14. The van der Waals surface area contributed by atoms with Gasteiger partial charge in [0.05, 0.1) is 11.6 Å². The van der Waals surface area contributed by atoms with Crippen LogP contribution in [0.5, 0.6) is 0 Å². The molecule has 1 aliphatic carbocycles. The Labute approximate surface area is 134 Å². The van der Waals surface area contributed by atoms with E-state index in [0.29, 0.717) is 5.56 Å². The summed E-state index contributed by atoms with van der Waals surface area (Å²) >= 11 is 0. The summed E-state index contributed by atoms with van der Waals surface area (Å²) in [5.74, 6) is -0.450. The molecule has 0 aromatic heterocycles. The van der Waals surface area contributed by atoms with Gasteiger partial charge >= 0.3 is 5.97 Å². The maximum absolute atomic E-state index is 12.4. The number of rotatable bonds is 4. The quantitative estimate of drug-likeness (QED) is 0.881. The van der Waals surface area contributed by atoms with Crippen molar-refractivity contribution in [3.05, 3.63) is 47.0 Å². The molecule has 2 aromatic rings. The lowest BCUT2D eigenvalue weighted by atomic mass is 10.00. The SMILES string of the molecule is O=C(OCC(=O)C1CCCN1)c1ccc2c3c(cccc13)CC2. The fourth-order valence-electron chi connectivity index (χ4n) is 3.70. The third kappa shape index (κ3) is 2.53. The van der Waals surface area contributed by atoms with Crippen molar-refractivity contribution in [2.45, 2.75) is 31.7 Å². The Hall–Kier alpha value is -2.20. The number of carbonyl (C=O) groups is 2. The van der Waals surface area contributed by atoms with E-state index in [-0.39, 0.29) is 18.4 Å². The van der Waals surface area contributed by atoms with Crippen LogP contribution in [0.15, 0.2) is 30.3 Å². The minimum Gasteiger partial charge on any atom is -0.454 e. The van der Waals surface area contributed by atoms with E-state index in [1.54, 1.807) is 0 Å². The van der Waals surface area contributed by atoms with E-state index in [1.807, 2.05) is 24.3 Å². The normalized spacial score (nSPS) is 19.2. The third-order valence-corrected chi connectivity index (χ3v) is 4.89. The second kappa shape index (κ2) is 5.78. The Morgan fingerprint density at radius 3 is 2.74 bits per heavy atom. The van der Waals surface area contributed by atoms with Crippen LogP contribution < -0.4 is 5.32 Å². The molecule has 1 atom stereocenters. The summed E-state index contributed by atoms with van der Waals surface area (Å²) in [6.45, 7) is 0.707. The van der Waals surface area contributed by atoms with Gasteiger partial charge < -0.3 is 10.1 Å². The van der Waals surface area contributed by atoms with Crippen LogP contribution in [0.2, 0.25) is 0 Å². The number of hydrogen-bond acceptors (Lipinski definition) is 4. The zero-order valence-electron chi connectivity index (χ0n) is 12.9. The van der Waals surface area contributed by atoms with Crippen molar-refractivity contribution in [3.8, 4) is 0 Å². The van der Waals surface area contributed by atoms with Crippen molar-refractivity contribution in [2.75, 3.05) is 13.2 Å². The average Bonchev–Trinajstić information content (AvgIpc) is 3.24. The topological polar surface area (TPSA) is 55.4 Å². The number of nitrogens with one attached hydrogen (secondary N) is 1. The molecule has 1 fully saturated rings. The molecule has 2 aromatic carbocycles. The number of ether oxygens (including phenoxy) is 1. The maximum atomic E-state index is 12.4. The number of hydrogen-bond donors (Lipinski definition) is 1. The van der Waals surface area contributed by atoms with Gasteiger partial charge in [-0.3, -0.25) is 4.79 Å². The van der Waals surface area contributed by atoms with Crippen LogP contribution in [-0.2, 0) is 22.4 Å². The van der Waals surface area contributed by atoms with Gasteiger partial charge in [0.2, 0.25) is 0 Å². The molecule has 1 saturated heterocycles. The Bertz CT molecular complexity index is 780. The zero-order chi connectivity index (χ0) is 15.8. The summed E-state index contributed by atoms with van der Waals surface area (Å²) in [4.78, 5) is 24.4. The van der Waals surface area contributed by atoms with Crippen LogP contribution >= 0.6 is 0 Å². The second-order valence-corrected chi connectivity index (χ2v) is 6.30. The average molecular weight is 309 g/mol. The molecule has 0 amide bonds. The summed E-state index contributed by atoms with van der Waals surface area (Å²) in [5, 5.41) is 5.26. The standard InChI is InChI=1S/C19H19NO3/c21-17(16-5-2-10-20-16)11-23-19(22)15-9-8-13-7-6-12-3-1-4-14(15)18(12)13/h1,3-4,8-9,16,20H,2,5-7,10-11H2. The maximum Gasteiger partial charge on any atom is 0.339 e. The van der Waals surface area contributed by atoms with Crippen LogP contribution in [0, 0.1) is 0 Å². The minimum atomic E-state index is -0.410. The zero-order valence-corrected chi connectivity index (χ0v) is 12.9. The number of benzene rings is 2. The molecule has 1 aliphatic heterocycles. The number of ketones is 1. The van der Waals surface area contributed by atoms with Gasteiger partial charge in [0.15, 0.2) is 12.4 Å². The first-order chi connectivity index (χ1) is 11.2. The van der Waals surface area contributed by atoms with E-state index in [4.69, 9.17) is 4.74 Å². The third-order valence-electron chi connectivity index (χ3n) is 4.89. The minimum absolute atomic E-state index is 0.0400. The second-order valence-electron chi connectivity index (χ2n) is 6.30. The molecule has 1 N–H and O–H groups in total. The highest BCUT2D eigenvalue weighted by Crippen LogP contribution is 2.33. The van der Waals surface area contributed by atoms with Crippen molar-refractivity contribution >= 4 is 22.5 Å². The summed E-state index contributed by atoms with van der Waals surface area (Å²) in [6, 6.07) is 9.74. The highest BCUT2D eigenvalue weighted by molar-refractivity contribution is 6.07. The summed E-state index contributed by atoms with van der Waals surface area (Å²) in [6.07, 6.45) is 3.88. The lowest BCUT2D eigenvalue weighted by molar-refractivity contribution is -0.123. The van der Waals surface area contributed by atoms with Crippen molar-refractivity contribution in [2.24, 2.45) is 0 Å². The molecule has 0 radical (unpaired) electrons. The lowest BCUT2D eigenvalue weighted by Crippen LogP contribution is -2.34. The van der Waals surface area contributed by atoms with E-state index in [0.717, 1.165) is 37.6 Å². The van der Waals surface area contributed by atoms with Crippen molar-refractivity contribution in [1.29, 1.82) is 0 Å². The Balaban J connectivity index is 1.55. The number of Topliss-reactive ketones (excluding diaryl/α,β-unsaturated/α-hetero) is 1. The summed E-state index contributed by atoms with van der Waals surface area (Å²) < 4.78 is 5.28. The highest BCUT2D eigenvalue weighted by atomic mass is 16.5. The Morgan fingerprint density at radius 2 is 1.96 bits per heavy atom. The molecule has 23 heavy (non-hydrogen) atoms. The molecule has 0 bridgehead atoms. The molecular formula is C19H19NO3. The van der Waals surface area contributed by atoms with Gasteiger partial charge in [0.1, 0.15) is 0 Å². The van der Waals surface area contributed by atoms with Gasteiger partial charge in [-0.1, -0.05) is 24.3 Å². The Morgan fingerprint density at radius 1 is 1.13 bits per heavy atom. The van der Waals surface area contributed by atoms with Gasteiger partial charge in [-0.25, -0.2) is 4.79 Å². The van der Waals surface area contributed by atoms with Gasteiger partial charge in [-0.05, 0) is 60.2 Å². The molecule has 1 heterocycles. The van der Waals surface area contributed by atoms with E-state index >= 15 is 0 Å². The molecule has 2 aliphatic rings. The van der Waals surface area contributed by atoms with Crippen LogP contribution in [-0.4, -0.2) is 30.9 Å². The molecule has 118 valence electrons. The molecule has 4 nitrogen and oxygen atoms in total. The first-order valence-electron chi connectivity index (χ1n) is 8.21. The van der Waals surface area contributed by atoms with Gasteiger partial charge in [-0.15, -0.1) is 0 Å². The lowest BCUT2D eigenvalue weighted by Gasteiger charge is -2.11. The van der Waals surface area contributed by atoms with E-state index in [9.17, 15) is 9.59 Å². The number of carbonyl (C=O) groups excluding carboxylic acids is 2. The van der Waals surface area contributed by atoms with Crippen LogP contribution in [0.25, 0.3) is 10.8 Å². The molecule has 0 spiro atoms. The van der Waals surface area contributed by atoms with Gasteiger partial charge in [0, 0.05) is 0 Å². The molecular weight excluding hydrogens is 290 g/mol. The molecule has 4 rings (SSSR count). The fourth-order valence-corrected chi connectivity index (χ4v) is 3.70. The first-order valence-corrected chi connectivity index (χ1v) is 8.21. The monoisotopic (exact) mass is 309 g/mol. The predicted molar refractivity (Wildman–Crippen MR) is 87.7 cm³/mol. The fraction of sp³-hybridized carbons (Fsp3) is 0.368. The predicted octanol–water partition coefficient (Wildman–Crippen LogP) is 2.42. The van der Waals surface area contributed by atoms with Crippen LogP contribution in [0.3, 0.4) is 0 Å². The molecule has 4 heteroatoms. The smallest absolute Gasteiger partial charge is 0.339 e. The van der Waals surface area contributed by atoms with Crippen molar-refractivity contribution in [3.63, 3.8) is 0 Å². The first kappa shape index (κ1) is 14.4. The van der Waals surface area contributed by atoms with Gasteiger partial charge in [-0.2, -0.15) is 0 Å². The highest BCUT2D eigenvalue weighted by Gasteiger charge is 2.24. The summed E-state index contributed by atoms with van der Waals surface area (Å²) in [7, 11) is 0. The van der Waals surface area contributed by atoms with E-state index < -0.39 is 5.97 Å². The van der Waals surface area contributed by atoms with Gasteiger partial charge in [0.25, 0.3) is 0 Å². The van der Waals surface area contributed by atoms with E-state index in [2.05, 4.69) is 11.4 Å².